The van der Waals surface area contributed by atoms with E-state index in [0.29, 0.717) is 5.16 Å². The lowest BCUT2D eigenvalue weighted by molar-refractivity contribution is 0.518. The fourth-order valence-corrected chi connectivity index (χ4v) is 0.886. The van der Waals surface area contributed by atoms with E-state index in [1.54, 1.807) is 4.68 Å². The first-order valence-electron chi connectivity index (χ1n) is 3.50. The van der Waals surface area contributed by atoms with Gasteiger partial charge in [0.15, 0.2) is 0 Å². The standard InChI is InChI=1S/C5H11N5S/c1-2-6-3-4-10-5(11)7-8-9-10/h6H,2-4H2,1H3,(H,7,9,11). The molecule has 0 saturated carbocycles. The van der Waals surface area contributed by atoms with Gasteiger partial charge in [0.25, 0.3) is 0 Å². The molecule has 0 fully saturated rings. The molecule has 1 aromatic heterocycles. The van der Waals surface area contributed by atoms with Gasteiger partial charge in [0, 0.05) is 6.54 Å². The Morgan fingerprint density at radius 3 is 3.00 bits per heavy atom. The molecule has 0 radical (unpaired) electrons. The van der Waals surface area contributed by atoms with Crippen molar-refractivity contribution in [1.82, 2.24) is 25.5 Å². The summed E-state index contributed by atoms with van der Waals surface area (Å²) in [6, 6.07) is 0. The molecule has 0 aliphatic carbocycles. The van der Waals surface area contributed by atoms with Crippen molar-refractivity contribution < 1.29 is 0 Å². The lowest BCUT2D eigenvalue weighted by Crippen LogP contribution is -2.20. The topological polar surface area (TPSA) is 55.6 Å². The van der Waals surface area contributed by atoms with E-state index in [4.69, 9.17) is 0 Å². The molecule has 1 heterocycles. The van der Waals surface area contributed by atoms with E-state index < -0.39 is 0 Å². The molecule has 0 aliphatic heterocycles. The molecule has 1 aromatic rings. The second-order valence-corrected chi connectivity index (χ2v) is 2.46. The van der Waals surface area contributed by atoms with Gasteiger partial charge in [-0.25, -0.2) is 4.68 Å². The Kier molecular flexibility index (Phi) is 3.31. The second kappa shape index (κ2) is 4.30. The summed E-state index contributed by atoms with van der Waals surface area (Å²) in [6.45, 7) is 4.65. The van der Waals surface area contributed by atoms with Gasteiger partial charge in [-0.05, 0) is 17.0 Å². The van der Waals surface area contributed by atoms with Crippen molar-refractivity contribution in [3.63, 3.8) is 0 Å². The highest BCUT2D eigenvalue weighted by molar-refractivity contribution is 7.80. The summed E-state index contributed by atoms with van der Waals surface area (Å²) in [7, 11) is 0. The van der Waals surface area contributed by atoms with Crippen LogP contribution >= 0.6 is 12.6 Å². The predicted octanol–water partition coefficient (Wildman–Crippen LogP) is -0.429. The molecule has 0 aliphatic rings. The smallest absolute Gasteiger partial charge is 0.206 e. The number of aromatic nitrogens is 4. The summed E-state index contributed by atoms with van der Waals surface area (Å²) in [4.78, 5) is 0. The first-order valence-corrected chi connectivity index (χ1v) is 3.95. The number of nitrogens with one attached hydrogen (secondary N) is 1. The van der Waals surface area contributed by atoms with Crippen LogP contribution in [-0.2, 0) is 6.54 Å². The van der Waals surface area contributed by atoms with Crippen LogP contribution in [0.25, 0.3) is 0 Å². The van der Waals surface area contributed by atoms with E-state index in [9.17, 15) is 0 Å². The zero-order chi connectivity index (χ0) is 8.10. The molecule has 5 nitrogen and oxygen atoms in total. The van der Waals surface area contributed by atoms with Crippen molar-refractivity contribution in [2.45, 2.75) is 18.6 Å². The minimum absolute atomic E-state index is 0.558. The zero-order valence-electron chi connectivity index (χ0n) is 6.36. The Hall–Kier alpha value is -0.620. The maximum atomic E-state index is 4.05. The van der Waals surface area contributed by atoms with Crippen LogP contribution < -0.4 is 5.32 Å². The largest absolute Gasteiger partial charge is 0.315 e. The Morgan fingerprint density at radius 2 is 2.45 bits per heavy atom. The molecule has 0 bridgehead atoms. The molecule has 11 heavy (non-hydrogen) atoms. The fraction of sp³-hybridized carbons (Fsp3) is 0.800. The van der Waals surface area contributed by atoms with Gasteiger partial charge in [-0.3, -0.25) is 0 Å². The molecule has 1 N–H and O–H groups in total. The molecule has 1 rings (SSSR count). The highest BCUT2D eigenvalue weighted by Gasteiger charge is 1.97. The number of tetrazole rings is 1. The monoisotopic (exact) mass is 173 g/mol. The molecule has 0 unspecified atom stereocenters. The molecule has 0 aromatic carbocycles. The van der Waals surface area contributed by atoms with Gasteiger partial charge in [-0.15, -0.1) is 17.7 Å². The Balaban J connectivity index is 2.32. The van der Waals surface area contributed by atoms with E-state index in [-0.39, 0.29) is 0 Å². The molecule has 0 amide bonds. The number of thiol groups is 1. The van der Waals surface area contributed by atoms with Crippen LogP contribution in [0.5, 0.6) is 0 Å². The van der Waals surface area contributed by atoms with Gasteiger partial charge in [0.1, 0.15) is 0 Å². The van der Waals surface area contributed by atoms with E-state index in [1.807, 2.05) is 0 Å². The SMILES string of the molecule is CCNCCn1nnnc1S. The third-order valence-electron chi connectivity index (χ3n) is 1.26. The minimum Gasteiger partial charge on any atom is -0.315 e. The summed E-state index contributed by atoms with van der Waals surface area (Å²) < 4.78 is 1.64. The van der Waals surface area contributed by atoms with Gasteiger partial charge < -0.3 is 5.32 Å². The quantitative estimate of drug-likeness (QED) is 0.479. The highest BCUT2D eigenvalue weighted by Crippen LogP contribution is 1.94. The van der Waals surface area contributed by atoms with Crippen LogP contribution in [0.4, 0.5) is 0 Å². The van der Waals surface area contributed by atoms with Crippen LogP contribution in [0.2, 0.25) is 0 Å². The molecule has 0 saturated heterocycles. The fourth-order valence-electron chi connectivity index (χ4n) is 0.706. The zero-order valence-corrected chi connectivity index (χ0v) is 7.25. The van der Waals surface area contributed by atoms with Crippen LogP contribution in [-0.4, -0.2) is 33.3 Å². The average molecular weight is 173 g/mol. The van der Waals surface area contributed by atoms with Crippen molar-refractivity contribution in [1.29, 1.82) is 0 Å². The summed E-state index contributed by atoms with van der Waals surface area (Å²) in [5.74, 6) is 0. The van der Waals surface area contributed by atoms with Gasteiger partial charge in [0.05, 0.1) is 6.54 Å². The summed E-state index contributed by atoms with van der Waals surface area (Å²) >= 11 is 4.05. The highest BCUT2D eigenvalue weighted by atomic mass is 32.1. The third kappa shape index (κ3) is 2.47. The minimum atomic E-state index is 0.558. The molecule has 6 heteroatoms. The van der Waals surface area contributed by atoms with E-state index in [0.717, 1.165) is 19.6 Å². The average Bonchev–Trinajstić information content (AvgIpc) is 2.37. The second-order valence-electron chi connectivity index (χ2n) is 2.06. The van der Waals surface area contributed by atoms with Crippen LogP contribution in [0.1, 0.15) is 6.92 Å². The van der Waals surface area contributed by atoms with E-state index in [2.05, 4.69) is 40.4 Å². The molecular weight excluding hydrogens is 162 g/mol. The maximum absolute atomic E-state index is 4.05. The summed E-state index contributed by atoms with van der Waals surface area (Å²) in [5.41, 5.74) is 0. The van der Waals surface area contributed by atoms with Crippen molar-refractivity contribution in [3.05, 3.63) is 0 Å². The van der Waals surface area contributed by atoms with Crippen molar-refractivity contribution in [2.75, 3.05) is 13.1 Å². The van der Waals surface area contributed by atoms with Gasteiger partial charge >= 0.3 is 0 Å². The van der Waals surface area contributed by atoms with E-state index in [1.165, 1.54) is 0 Å². The normalized spacial score (nSPS) is 10.4. The predicted molar refractivity (Wildman–Crippen MR) is 43.6 cm³/mol. The lowest BCUT2D eigenvalue weighted by atomic mass is 10.6. The number of hydrogen-bond acceptors (Lipinski definition) is 5. The van der Waals surface area contributed by atoms with Crippen LogP contribution in [0.3, 0.4) is 0 Å². The summed E-state index contributed by atoms with van der Waals surface area (Å²) in [5, 5.41) is 14.5. The molecule has 0 spiro atoms. The first kappa shape index (κ1) is 8.48. The Bertz CT molecular complexity index is 210. The maximum Gasteiger partial charge on any atom is 0.206 e. The van der Waals surface area contributed by atoms with Crippen LogP contribution in [0.15, 0.2) is 5.16 Å². The number of rotatable bonds is 4. The number of hydrogen-bond donors (Lipinski definition) is 2. The first-order chi connectivity index (χ1) is 5.34. The number of likely N-dealkylation sites (N-methyl/N-ethyl adjacent to an activating group) is 1. The Morgan fingerprint density at radius 1 is 1.64 bits per heavy atom. The van der Waals surface area contributed by atoms with Gasteiger partial charge in [0.2, 0.25) is 5.16 Å². The molecular formula is C5H11N5S. The van der Waals surface area contributed by atoms with Crippen LogP contribution in [0, 0.1) is 0 Å². The van der Waals surface area contributed by atoms with Crippen molar-refractivity contribution in [2.24, 2.45) is 0 Å². The van der Waals surface area contributed by atoms with Crippen molar-refractivity contribution >= 4 is 12.6 Å². The van der Waals surface area contributed by atoms with Gasteiger partial charge in [-0.1, -0.05) is 6.92 Å². The van der Waals surface area contributed by atoms with Crippen molar-refractivity contribution in [3.8, 4) is 0 Å². The van der Waals surface area contributed by atoms with E-state index >= 15 is 0 Å². The third-order valence-corrected chi connectivity index (χ3v) is 1.58. The molecule has 62 valence electrons. The van der Waals surface area contributed by atoms with Gasteiger partial charge in [-0.2, -0.15) is 0 Å². The summed E-state index contributed by atoms with van der Waals surface area (Å²) in [6.07, 6.45) is 0. The lowest BCUT2D eigenvalue weighted by Gasteiger charge is -2.00. The molecule has 0 atom stereocenters. The Labute approximate surface area is 70.6 Å². The number of nitrogens with zero attached hydrogens (tertiary/aromatic N) is 4.